The van der Waals surface area contributed by atoms with Gasteiger partial charge in [0.25, 0.3) is 5.78 Å². The summed E-state index contributed by atoms with van der Waals surface area (Å²) < 4.78 is 72.9. The SMILES string of the molecule is C=C/C(=C\C)P(=O)(/C(C=C)=C/C)c1ccccc1.O=C(c1c(O)c2cc3c4ccccc4n(-c4ccccc4)c3cc2oc1=O)C(F)(F)F.O=P(c1ccccc1)(c1ccccc1)c1ccccc1.[Eu]. The molecule has 0 spiro atoms. The Kier molecular flexibility index (Phi) is 17.6. The van der Waals surface area contributed by atoms with Gasteiger partial charge in [0.05, 0.1) is 16.4 Å². The van der Waals surface area contributed by atoms with Crippen LogP contribution in [-0.4, -0.2) is 21.6 Å². The molecule has 0 aliphatic carbocycles. The third kappa shape index (κ3) is 10.6. The molecule has 0 saturated carbocycles. The number of nitrogens with zero attached hydrogens (tertiary/aromatic N) is 1. The zero-order valence-electron chi connectivity index (χ0n) is 38.0. The van der Waals surface area contributed by atoms with Crippen LogP contribution in [0, 0.1) is 49.4 Å². The minimum Gasteiger partial charge on any atom is -0.506 e. The van der Waals surface area contributed by atoms with Crippen molar-refractivity contribution < 1.29 is 86.0 Å². The van der Waals surface area contributed by atoms with Crippen LogP contribution in [0.5, 0.6) is 5.75 Å². The number of hydrogen-bond acceptors (Lipinski definition) is 6. The minimum atomic E-state index is -5.33. The van der Waals surface area contributed by atoms with Gasteiger partial charge < -0.3 is 23.2 Å². The van der Waals surface area contributed by atoms with Crippen molar-refractivity contribution in [3.63, 3.8) is 0 Å². The number of halogens is 3. The number of aromatic nitrogens is 1. The van der Waals surface area contributed by atoms with Crippen LogP contribution in [0.1, 0.15) is 24.2 Å². The molecule has 7 aromatic carbocycles. The van der Waals surface area contributed by atoms with E-state index >= 15 is 0 Å². The topological polar surface area (TPSA) is 107 Å². The summed E-state index contributed by atoms with van der Waals surface area (Å²) in [5.74, 6) is -3.50. The van der Waals surface area contributed by atoms with E-state index in [1.807, 2.05) is 206 Å². The first-order valence-corrected chi connectivity index (χ1v) is 25.1. The molecule has 1 radical (unpaired) electrons. The van der Waals surface area contributed by atoms with Gasteiger partial charge in [0.2, 0.25) is 0 Å². The number of ketones is 1. The first-order valence-electron chi connectivity index (χ1n) is 21.6. The fourth-order valence-corrected chi connectivity index (χ4v) is 13.5. The van der Waals surface area contributed by atoms with E-state index in [9.17, 15) is 37.0 Å². The van der Waals surface area contributed by atoms with Gasteiger partial charge in [-0.1, -0.05) is 195 Å². The average Bonchev–Trinajstić information content (AvgIpc) is 3.70. The molecule has 0 fully saturated rings. The number of fused-ring (bicyclic) bond motifs is 4. The molecular weight excluding hydrogens is 1070 g/mol. The quantitative estimate of drug-likeness (QED) is 0.0633. The van der Waals surface area contributed by atoms with Gasteiger partial charge in [0, 0.05) is 104 Å². The van der Waals surface area contributed by atoms with Gasteiger partial charge in [-0.05, 0) is 38.1 Å². The van der Waals surface area contributed by atoms with E-state index in [0.29, 0.717) is 10.9 Å². The second-order valence-corrected chi connectivity index (χ2v) is 20.9. The largest absolute Gasteiger partial charge is 0.506 e. The molecule has 0 atom stereocenters. The van der Waals surface area contributed by atoms with Crippen LogP contribution in [0.2, 0.25) is 0 Å². The minimum absolute atomic E-state index is 0. The molecule has 0 unspecified atom stereocenters. The van der Waals surface area contributed by atoms with Gasteiger partial charge >= 0.3 is 11.8 Å². The van der Waals surface area contributed by atoms with Crippen molar-refractivity contribution in [2.24, 2.45) is 0 Å². The summed E-state index contributed by atoms with van der Waals surface area (Å²) in [6.45, 7) is 11.3. The molecule has 1 N–H and O–H groups in total. The van der Waals surface area contributed by atoms with E-state index in [0.717, 1.165) is 48.4 Å². The molecule has 0 amide bonds. The molecule has 0 bridgehead atoms. The van der Waals surface area contributed by atoms with Crippen LogP contribution < -0.4 is 26.8 Å². The Morgan fingerprint density at radius 1 is 0.586 bits per heavy atom. The van der Waals surface area contributed by atoms with Crippen molar-refractivity contribution in [1.29, 1.82) is 0 Å². The summed E-state index contributed by atoms with van der Waals surface area (Å²) in [6.07, 6.45) is 1.72. The van der Waals surface area contributed by atoms with Crippen molar-refractivity contribution >= 4 is 74.1 Å². The molecule has 353 valence electrons. The second kappa shape index (κ2) is 23.2. The van der Waals surface area contributed by atoms with Crippen molar-refractivity contribution in [2.75, 3.05) is 0 Å². The second-order valence-electron chi connectivity index (χ2n) is 15.4. The Hall–Kier alpha value is -6.19. The molecule has 7 nitrogen and oxygen atoms in total. The standard InChI is InChI=1S/C23H12F3NO4.C18H15OP.C16H19OP.Eu/c24-23(25,26)21(29)19-20(28)15-10-14-13-8-4-5-9-16(13)27(12-6-2-1-3-7-12)17(14)11-18(15)31-22(19)30;19-20(16-10-4-1-5-11-16,17-12-6-2-7-13-17)18-14-8-3-9-15-18;1-5-14(6-2)18(17,15(7-3)8-4)16-12-10-9-11-13-16;/h1-11,28H;1-15H;5-13H,1,3H2,2,4H3;/b;;14-6+,15-8+;. The Balaban J connectivity index is 0.000000180. The van der Waals surface area contributed by atoms with E-state index < -0.39 is 43.2 Å². The number of carbonyl (C=O) groups is 1. The van der Waals surface area contributed by atoms with Crippen LogP contribution in [0.3, 0.4) is 0 Å². The molecule has 9 rings (SSSR count). The molecule has 0 aliphatic heterocycles. The Morgan fingerprint density at radius 2 is 1.00 bits per heavy atom. The number of para-hydroxylation sites is 2. The molecule has 0 saturated heterocycles. The Bertz CT molecular complexity index is 3410. The molecule has 0 aliphatic rings. The van der Waals surface area contributed by atoms with Crippen molar-refractivity contribution in [2.45, 2.75) is 20.0 Å². The summed E-state index contributed by atoms with van der Waals surface area (Å²) in [6, 6.07) is 58.3. The first-order chi connectivity index (χ1) is 33.2. The van der Waals surface area contributed by atoms with E-state index in [1.165, 1.54) is 12.1 Å². The monoisotopic (exact) mass is 1110 g/mol. The molecule has 2 aromatic heterocycles. The van der Waals surface area contributed by atoms with Crippen molar-refractivity contribution in [3.8, 4) is 11.4 Å². The molecule has 2 heterocycles. The maximum Gasteiger partial charge on any atom is 0.455 e. The summed E-state index contributed by atoms with van der Waals surface area (Å²) >= 11 is 0. The normalized spacial score (nSPS) is 12.6. The maximum atomic E-state index is 13.8. The number of alkyl halides is 3. The van der Waals surface area contributed by atoms with Gasteiger partial charge in [-0.2, -0.15) is 13.2 Å². The summed E-state index contributed by atoms with van der Waals surface area (Å²) in [5, 5.41) is 16.6. The predicted molar refractivity (Wildman–Crippen MR) is 276 cm³/mol. The smallest absolute Gasteiger partial charge is 0.455 e. The van der Waals surface area contributed by atoms with Crippen LogP contribution in [0.25, 0.3) is 38.5 Å². The fraction of sp³-hybridized carbons (Fsp3) is 0.0526. The van der Waals surface area contributed by atoms with E-state index in [-0.39, 0.29) is 60.3 Å². The number of hydrogen-bond donors (Lipinski definition) is 1. The number of aromatic hydroxyl groups is 1. The third-order valence-corrected chi connectivity index (χ3v) is 17.8. The summed E-state index contributed by atoms with van der Waals surface area (Å²) in [5.41, 5.74) is -0.845. The van der Waals surface area contributed by atoms with Gasteiger partial charge in [0.15, 0.2) is 19.8 Å². The van der Waals surface area contributed by atoms with Crippen LogP contribution in [0.15, 0.2) is 245 Å². The van der Waals surface area contributed by atoms with E-state index in [2.05, 4.69) is 13.2 Å². The molecule has 13 heteroatoms. The van der Waals surface area contributed by atoms with Crippen molar-refractivity contribution in [1.82, 2.24) is 4.57 Å². The fourth-order valence-electron chi connectivity index (χ4n) is 8.15. The third-order valence-electron chi connectivity index (χ3n) is 11.4. The van der Waals surface area contributed by atoms with E-state index in [1.54, 1.807) is 12.2 Å². The van der Waals surface area contributed by atoms with Gasteiger partial charge in [-0.25, -0.2) is 4.79 Å². The van der Waals surface area contributed by atoms with Gasteiger partial charge in [0.1, 0.15) is 11.3 Å². The van der Waals surface area contributed by atoms with Crippen molar-refractivity contribution in [3.05, 3.63) is 252 Å². The molecule has 9 aromatic rings. The Morgan fingerprint density at radius 3 is 1.43 bits per heavy atom. The maximum absolute atomic E-state index is 13.8. The molecule has 70 heavy (non-hydrogen) atoms. The first kappa shape index (κ1) is 53.2. The van der Waals surface area contributed by atoms with Gasteiger partial charge in [-0.15, -0.1) is 0 Å². The number of Topliss-reactive ketones (excluding diaryl/α,β-unsaturated/α-hetero) is 1. The average molecular weight is 1110 g/mol. The van der Waals surface area contributed by atoms with E-state index in [4.69, 9.17) is 4.42 Å². The van der Waals surface area contributed by atoms with Gasteiger partial charge in [-0.3, -0.25) is 4.79 Å². The summed E-state index contributed by atoms with van der Waals surface area (Å²) in [4.78, 5) is 23.8. The number of carbonyl (C=O) groups excluding carboxylic acids is 1. The number of allylic oxidation sites excluding steroid dienone is 6. The van der Waals surface area contributed by atoms with Crippen LogP contribution in [0.4, 0.5) is 13.2 Å². The number of rotatable bonds is 10. The number of benzene rings is 7. The molecular formula is C57H46EuF3NO6P2. The van der Waals surface area contributed by atoms with Crippen LogP contribution >= 0.6 is 14.3 Å². The van der Waals surface area contributed by atoms with Crippen LogP contribution in [-0.2, 0) is 9.13 Å². The predicted octanol–water partition coefficient (Wildman–Crippen LogP) is 13.5. The zero-order chi connectivity index (χ0) is 49.3. The summed E-state index contributed by atoms with van der Waals surface area (Å²) in [7, 11) is -5.58. The zero-order valence-corrected chi connectivity index (χ0v) is 42.2. The Labute approximate surface area is 444 Å².